The van der Waals surface area contributed by atoms with E-state index in [1.807, 2.05) is 0 Å². The van der Waals surface area contributed by atoms with Crippen LogP contribution in [0.5, 0.6) is 5.88 Å². The van der Waals surface area contributed by atoms with Crippen molar-refractivity contribution in [2.75, 3.05) is 11.9 Å². The molecule has 1 N–H and O–H groups in total. The van der Waals surface area contributed by atoms with E-state index in [4.69, 9.17) is 11.6 Å². The lowest BCUT2D eigenvalue weighted by molar-refractivity contribution is -0.154. The van der Waals surface area contributed by atoms with Crippen LogP contribution in [0.2, 0.25) is 5.15 Å². The van der Waals surface area contributed by atoms with Gasteiger partial charge in [-0.25, -0.2) is 4.98 Å². The highest BCUT2D eigenvalue weighted by atomic mass is 35.5. The topological polar surface area (TPSA) is 64.9 Å². The van der Waals surface area contributed by atoms with E-state index >= 15 is 0 Å². The van der Waals surface area contributed by atoms with Crippen molar-refractivity contribution < 1.29 is 31.1 Å². The molecule has 0 bridgehead atoms. The highest BCUT2D eigenvalue weighted by molar-refractivity contribution is 6.29. The number of ether oxygens (including phenoxy) is 1. The van der Waals surface area contributed by atoms with Gasteiger partial charge in [0.25, 0.3) is 5.88 Å². The van der Waals surface area contributed by atoms with Gasteiger partial charge >= 0.3 is 12.4 Å². The van der Waals surface area contributed by atoms with Crippen LogP contribution >= 0.6 is 11.6 Å². The summed E-state index contributed by atoms with van der Waals surface area (Å²) < 4.78 is 82.7. The average molecular weight is 494 g/mol. The standard InChI is InChI=1S/C20H18ClF6N5O/c1-11(2)32-9-15(20(25,26)27)29-17(32)13-5-3-12(4-6-13)8-28-14-7-16(21)30-31-18(14)33-10-19(22,23)24/h3-7,9,11H,8,10H2,1-2H3,(H,28,30). The normalized spacial score (nSPS) is 12.3. The Morgan fingerprint density at radius 1 is 1.06 bits per heavy atom. The largest absolute Gasteiger partial charge is 0.465 e. The van der Waals surface area contributed by atoms with Crippen LogP contribution in [0, 0.1) is 0 Å². The SMILES string of the molecule is CC(C)n1cc(C(F)(F)F)nc1-c1ccc(CNc2cc(Cl)nnc2OCC(F)(F)F)cc1. The molecule has 3 rings (SSSR count). The number of nitrogens with one attached hydrogen (secondary N) is 1. The van der Waals surface area contributed by atoms with Gasteiger partial charge in [0.2, 0.25) is 0 Å². The third-order valence-corrected chi connectivity index (χ3v) is 4.56. The van der Waals surface area contributed by atoms with Gasteiger partial charge in [-0.1, -0.05) is 35.9 Å². The van der Waals surface area contributed by atoms with Crippen LogP contribution in [-0.4, -0.2) is 32.5 Å². The van der Waals surface area contributed by atoms with E-state index in [-0.39, 0.29) is 35.1 Å². The van der Waals surface area contributed by atoms with Crippen molar-refractivity contribution in [1.29, 1.82) is 0 Å². The fourth-order valence-electron chi connectivity index (χ4n) is 2.85. The Morgan fingerprint density at radius 3 is 2.30 bits per heavy atom. The molecule has 33 heavy (non-hydrogen) atoms. The van der Waals surface area contributed by atoms with Crippen LogP contribution in [-0.2, 0) is 12.7 Å². The van der Waals surface area contributed by atoms with E-state index in [1.54, 1.807) is 38.1 Å². The first-order valence-electron chi connectivity index (χ1n) is 9.55. The Kier molecular flexibility index (Phi) is 7.06. The van der Waals surface area contributed by atoms with E-state index in [9.17, 15) is 26.3 Å². The molecular weight excluding hydrogens is 476 g/mol. The highest BCUT2D eigenvalue weighted by Gasteiger charge is 2.35. The lowest BCUT2D eigenvalue weighted by atomic mass is 10.1. The summed E-state index contributed by atoms with van der Waals surface area (Å²) >= 11 is 5.77. The molecule has 6 nitrogen and oxygen atoms in total. The minimum atomic E-state index is -4.56. The fraction of sp³-hybridized carbons (Fsp3) is 0.350. The average Bonchev–Trinajstić information content (AvgIpc) is 3.18. The monoisotopic (exact) mass is 493 g/mol. The predicted octanol–water partition coefficient (Wildman–Crippen LogP) is 6.15. The molecule has 0 saturated carbocycles. The molecular formula is C20H18ClF6N5O. The Balaban J connectivity index is 1.77. The second-order valence-corrected chi connectivity index (χ2v) is 7.68. The molecule has 178 valence electrons. The van der Waals surface area contributed by atoms with Gasteiger partial charge in [0.1, 0.15) is 11.5 Å². The second-order valence-electron chi connectivity index (χ2n) is 7.29. The summed E-state index contributed by atoms with van der Waals surface area (Å²) in [7, 11) is 0. The maximum Gasteiger partial charge on any atom is 0.434 e. The summed E-state index contributed by atoms with van der Waals surface area (Å²) in [6.45, 7) is 2.10. The summed E-state index contributed by atoms with van der Waals surface area (Å²) in [6.07, 6.45) is -8.15. The number of halogens is 7. The molecule has 13 heteroatoms. The van der Waals surface area contributed by atoms with Crippen molar-refractivity contribution >= 4 is 17.3 Å². The van der Waals surface area contributed by atoms with E-state index < -0.39 is 24.7 Å². The quantitative estimate of drug-likeness (QED) is 0.400. The van der Waals surface area contributed by atoms with Gasteiger partial charge < -0.3 is 14.6 Å². The first-order chi connectivity index (χ1) is 15.3. The molecule has 0 saturated heterocycles. The third kappa shape index (κ3) is 6.50. The Labute approximate surface area is 189 Å². The van der Waals surface area contributed by atoms with Gasteiger partial charge in [0.05, 0.1) is 0 Å². The molecule has 0 aliphatic carbocycles. The lowest BCUT2D eigenvalue weighted by Gasteiger charge is -2.14. The van der Waals surface area contributed by atoms with Crippen LogP contribution < -0.4 is 10.1 Å². The number of hydrogen-bond donors (Lipinski definition) is 1. The number of anilines is 1. The first-order valence-corrected chi connectivity index (χ1v) is 9.93. The second kappa shape index (κ2) is 9.46. The molecule has 0 atom stereocenters. The van der Waals surface area contributed by atoms with Gasteiger partial charge in [0, 0.05) is 30.4 Å². The number of hydrogen-bond acceptors (Lipinski definition) is 5. The van der Waals surface area contributed by atoms with Gasteiger partial charge in [0.15, 0.2) is 17.5 Å². The van der Waals surface area contributed by atoms with Crippen molar-refractivity contribution in [2.24, 2.45) is 0 Å². The van der Waals surface area contributed by atoms with Gasteiger partial charge in [-0.05, 0) is 19.4 Å². The van der Waals surface area contributed by atoms with Crippen molar-refractivity contribution in [3.8, 4) is 17.3 Å². The Bertz CT molecular complexity index is 1100. The number of alkyl halides is 6. The summed E-state index contributed by atoms with van der Waals surface area (Å²) in [5.41, 5.74) is 0.289. The van der Waals surface area contributed by atoms with E-state index in [1.165, 1.54) is 10.6 Å². The van der Waals surface area contributed by atoms with E-state index in [0.29, 0.717) is 11.1 Å². The van der Waals surface area contributed by atoms with E-state index in [2.05, 4.69) is 25.2 Å². The molecule has 0 aliphatic heterocycles. The van der Waals surface area contributed by atoms with Crippen molar-refractivity contribution in [1.82, 2.24) is 19.7 Å². The van der Waals surface area contributed by atoms with Crippen LogP contribution in [0.1, 0.15) is 31.1 Å². The molecule has 0 spiro atoms. The molecule has 1 aromatic carbocycles. The minimum Gasteiger partial charge on any atom is -0.465 e. The van der Waals surface area contributed by atoms with Crippen molar-refractivity contribution in [3.05, 3.63) is 52.9 Å². The molecule has 0 amide bonds. The van der Waals surface area contributed by atoms with Crippen LogP contribution in [0.25, 0.3) is 11.4 Å². The summed E-state index contributed by atoms with van der Waals surface area (Å²) in [4.78, 5) is 3.74. The molecule has 0 unspecified atom stereocenters. The number of nitrogens with zero attached hydrogens (tertiary/aromatic N) is 4. The van der Waals surface area contributed by atoms with Crippen molar-refractivity contribution in [2.45, 2.75) is 38.8 Å². The van der Waals surface area contributed by atoms with Crippen LogP contribution in [0.4, 0.5) is 32.0 Å². The number of benzene rings is 1. The third-order valence-electron chi connectivity index (χ3n) is 4.38. The zero-order valence-electron chi connectivity index (χ0n) is 17.3. The number of aromatic nitrogens is 4. The lowest BCUT2D eigenvalue weighted by Crippen LogP contribution is -2.20. The maximum absolute atomic E-state index is 13.1. The first kappa shape index (κ1) is 24.6. The Morgan fingerprint density at radius 2 is 1.73 bits per heavy atom. The summed E-state index contributed by atoms with van der Waals surface area (Å²) in [6, 6.07) is 7.55. The maximum atomic E-state index is 13.1. The molecule has 2 aromatic heterocycles. The zero-order valence-corrected chi connectivity index (χ0v) is 18.1. The number of imidazole rings is 1. The minimum absolute atomic E-state index is 0.0480. The molecule has 2 heterocycles. The number of rotatable bonds is 7. The van der Waals surface area contributed by atoms with Crippen LogP contribution in [0.15, 0.2) is 36.5 Å². The summed E-state index contributed by atoms with van der Waals surface area (Å²) in [5.74, 6) is -0.197. The zero-order chi connectivity index (χ0) is 24.4. The van der Waals surface area contributed by atoms with Crippen molar-refractivity contribution in [3.63, 3.8) is 0 Å². The molecule has 3 aromatic rings. The molecule has 0 fully saturated rings. The van der Waals surface area contributed by atoms with E-state index in [0.717, 1.165) is 6.20 Å². The fourth-order valence-corrected chi connectivity index (χ4v) is 2.99. The summed E-state index contributed by atoms with van der Waals surface area (Å²) in [5, 5.41) is 9.82. The van der Waals surface area contributed by atoms with Gasteiger partial charge in [-0.15, -0.1) is 10.2 Å². The molecule has 0 radical (unpaired) electrons. The van der Waals surface area contributed by atoms with Crippen LogP contribution in [0.3, 0.4) is 0 Å². The van der Waals surface area contributed by atoms with Gasteiger partial charge in [-0.3, -0.25) is 0 Å². The highest BCUT2D eigenvalue weighted by Crippen LogP contribution is 2.33. The van der Waals surface area contributed by atoms with Gasteiger partial charge in [-0.2, -0.15) is 26.3 Å². The molecule has 0 aliphatic rings. The predicted molar refractivity (Wildman–Crippen MR) is 109 cm³/mol. The Hall–Kier alpha value is -3.02. The smallest absolute Gasteiger partial charge is 0.434 e.